The molecule has 20 heavy (non-hydrogen) atoms. The van der Waals surface area contributed by atoms with E-state index in [4.69, 9.17) is 23.2 Å². The number of nitrogens with one attached hydrogen (secondary N) is 1. The van der Waals surface area contributed by atoms with Gasteiger partial charge in [0.1, 0.15) is 0 Å². The lowest BCUT2D eigenvalue weighted by atomic mass is 10.1. The molecule has 0 saturated carbocycles. The van der Waals surface area contributed by atoms with Crippen LogP contribution in [0, 0.1) is 6.92 Å². The summed E-state index contributed by atoms with van der Waals surface area (Å²) in [5.41, 5.74) is 2.81. The minimum atomic E-state index is 0.0876. The van der Waals surface area contributed by atoms with Crippen molar-refractivity contribution in [3.8, 4) is 0 Å². The minimum Gasteiger partial charge on any atom is -0.309 e. The molecule has 0 aliphatic carbocycles. The maximum Gasteiger partial charge on any atom is 0.0847 e. The van der Waals surface area contributed by atoms with Crippen LogP contribution in [0.5, 0.6) is 0 Å². The lowest BCUT2D eigenvalue weighted by Gasteiger charge is -2.17. The summed E-state index contributed by atoms with van der Waals surface area (Å²) in [5.74, 6) is 0. The molecule has 0 aliphatic heterocycles. The van der Waals surface area contributed by atoms with Crippen molar-refractivity contribution in [3.63, 3.8) is 0 Å². The van der Waals surface area contributed by atoms with Gasteiger partial charge in [-0.15, -0.1) is 0 Å². The molecular weight excluding hydrogens is 295 g/mol. The smallest absolute Gasteiger partial charge is 0.0847 e. The third kappa shape index (κ3) is 3.32. The quantitative estimate of drug-likeness (QED) is 0.921. The second kappa shape index (κ2) is 6.57. The van der Waals surface area contributed by atoms with Crippen molar-refractivity contribution in [2.75, 3.05) is 6.54 Å². The lowest BCUT2D eigenvalue weighted by molar-refractivity contribution is 0.517. The number of pyridine rings is 1. The van der Waals surface area contributed by atoms with Crippen LogP contribution in [0.25, 0.3) is 0 Å². The molecule has 0 amide bonds. The van der Waals surface area contributed by atoms with Gasteiger partial charge in [0.05, 0.1) is 33.2 Å². The zero-order valence-electron chi connectivity index (χ0n) is 11.8. The standard InChI is InChI=1S/C14H18Cl2N4/c1-4-17-12(11-6-5-10(15)8-18-11)7-13-14(16)9(2)19-20(13)3/h5-6,8,12,17H,4,7H2,1-3H3. The molecule has 0 spiro atoms. The summed E-state index contributed by atoms with van der Waals surface area (Å²) in [7, 11) is 1.91. The molecule has 0 aromatic carbocycles. The molecule has 2 aromatic rings. The first-order chi connectivity index (χ1) is 9.52. The highest BCUT2D eigenvalue weighted by Crippen LogP contribution is 2.25. The molecule has 0 radical (unpaired) electrons. The Bertz CT molecular complexity index is 578. The Morgan fingerprint density at radius 2 is 2.10 bits per heavy atom. The number of halogens is 2. The zero-order valence-corrected chi connectivity index (χ0v) is 13.3. The van der Waals surface area contributed by atoms with Gasteiger partial charge >= 0.3 is 0 Å². The maximum absolute atomic E-state index is 6.32. The number of aryl methyl sites for hydroxylation is 2. The predicted molar refractivity (Wildman–Crippen MR) is 82.3 cm³/mol. The first kappa shape index (κ1) is 15.3. The first-order valence-corrected chi connectivity index (χ1v) is 7.31. The van der Waals surface area contributed by atoms with Crippen LogP contribution in [0.3, 0.4) is 0 Å². The van der Waals surface area contributed by atoms with Gasteiger partial charge in [-0.25, -0.2) is 0 Å². The maximum atomic E-state index is 6.32. The Labute approximate surface area is 129 Å². The Balaban J connectivity index is 2.27. The molecule has 1 unspecified atom stereocenters. The van der Waals surface area contributed by atoms with Crippen molar-refractivity contribution in [3.05, 3.63) is 45.5 Å². The number of aromatic nitrogens is 3. The van der Waals surface area contributed by atoms with Crippen molar-refractivity contribution in [1.29, 1.82) is 0 Å². The summed E-state index contributed by atoms with van der Waals surface area (Å²) < 4.78 is 1.83. The summed E-state index contributed by atoms with van der Waals surface area (Å²) in [6.07, 6.45) is 2.40. The Kier molecular flexibility index (Phi) is 5.02. The van der Waals surface area contributed by atoms with Crippen LogP contribution in [-0.2, 0) is 13.5 Å². The zero-order chi connectivity index (χ0) is 14.7. The van der Waals surface area contributed by atoms with Crippen molar-refractivity contribution in [1.82, 2.24) is 20.1 Å². The van der Waals surface area contributed by atoms with Gasteiger partial charge in [0, 0.05) is 19.7 Å². The van der Waals surface area contributed by atoms with Crippen LogP contribution < -0.4 is 5.32 Å². The molecule has 0 bridgehead atoms. The average Bonchev–Trinajstić information content (AvgIpc) is 2.65. The predicted octanol–water partition coefficient (Wildman–Crippen LogP) is 3.32. The molecule has 0 saturated heterocycles. The highest BCUT2D eigenvalue weighted by Gasteiger charge is 2.18. The number of rotatable bonds is 5. The molecule has 0 aliphatic rings. The Morgan fingerprint density at radius 3 is 2.60 bits per heavy atom. The third-order valence-corrected chi connectivity index (χ3v) is 3.93. The molecular formula is C14H18Cl2N4. The summed E-state index contributed by atoms with van der Waals surface area (Å²) >= 11 is 12.2. The van der Waals surface area contributed by atoms with E-state index >= 15 is 0 Å². The van der Waals surface area contributed by atoms with E-state index in [1.54, 1.807) is 6.20 Å². The number of hydrogen-bond donors (Lipinski definition) is 1. The Hall–Kier alpha value is -1.10. The largest absolute Gasteiger partial charge is 0.309 e. The highest BCUT2D eigenvalue weighted by molar-refractivity contribution is 6.31. The van der Waals surface area contributed by atoms with E-state index in [9.17, 15) is 0 Å². The van der Waals surface area contributed by atoms with Gasteiger partial charge in [-0.2, -0.15) is 5.10 Å². The first-order valence-electron chi connectivity index (χ1n) is 6.55. The summed E-state index contributed by atoms with van der Waals surface area (Å²) in [4.78, 5) is 4.39. The van der Waals surface area contributed by atoms with E-state index in [1.165, 1.54) is 0 Å². The SMILES string of the molecule is CCNC(Cc1c(Cl)c(C)nn1C)c1ccc(Cl)cn1. The van der Waals surface area contributed by atoms with Gasteiger partial charge in [0.15, 0.2) is 0 Å². The summed E-state index contributed by atoms with van der Waals surface area (Å²) in [6, 6.07) is 3.88. The monoisotopic (exact) mass is 312 g/mol. The average molecular weight is 313 g/mol. The number of likely N-dealkylation sites (N-methyl/N-ethyl adjacent to an activating group) is 1. The molecule has 1 atom stereocenters. The van der Waals surface area contributed by atoms with Crippen molar-refractivity contribution < 1.29 is 0 Å². The van der Waals surface area contributed by atoms with Gasteiger partial charge in [-0.05, 0) is 25.6 Å². The van der Waals surface area contributed by atoms with Gasteiger partial charge in [0.2, 0.25) is 0 Å². The van der Waals surface area contributed by atoms with E-state index in [1.807, 2.05) is 30.8 Å². The molecule has 1 N–H and O–H groups in total. The lowest BCUT2D eigenvalue weighted by Crippen LogP contribution is -2.24. The molecule has 4 nitrogen and oxygen atoms in total. The summed E-state index contributed by atoms with van der Waals surface area (Å²) in [6.45, 7) is 4.83. The van der Waals surface area contributed by atoms with Crippen LogP contribution in [-0.4, -0.2) is 21.3 Å². The van der Waals surface area contributed by atoms with Crippen molar-refractivity contribution in [2.24, 2.45) is 7.05 Å². The van der Waals surface area contributed by atoms with Crippen LogP contribution in [0.2, 0.25) is 10.0 Å². The van der Waals surface area contributed by atoms with E-state index in [0.29, 0.717) is 5.02 Å². The van der Waals surface area contributed by atoms with E-state index in [2.05, 4.69) is 22.3 Å². The third-order valence-electron chi connectivity index (χ3n) is 3.22. The molecule has 108 valence electrons. The van der Waals surface area contributed by atoms with E-state index in [-0.39, 0.29) is 6.04 Å². The van der Waals surface area contributed by atoms with Gasteiger partial charge in [0.25, 0.3) is 0 Å². The van der Waals surface area contributed by atoms with E-state index in [0.717, 1.165) is 35.1 Å². The van der Waals surface area contributed by atoms with Gasteiger partial charge < -0.3 is 5.32 Å². The fourth-order valence-electron chi connectivity index (χ4n) is 2.22. The van der Waals surface area contributed by atoms with Crippen LogP contribution in [0.1, 0.15) is 30.0 Å². The normalized spacial score (nSPS) is 12.7. The van der Waals surface area contributed by atoms with Crippen LogP contribution in [0.4, 0.5) is 0 Å². The Morgan fingerprint density at radius 1 is 1.35 bits per heavy atom. The topological polar surface area (TPSA) is 42.7 Å². The second-order valence-electron chi connectivity index (χ2n) is 4.69. The minimum absolute atomic E-state index is 0.0876. The van der Waals surface area contributed by atoms with Crippen molar-refractivity contribution >= 4 is 23.2 Å². The molecule has 6 heteroatoms. The van der Waals surface area contributed by atoms with Gasteiger partial charge in [-0.3, -0.25) is 9.67 Å². The van der Waals surface area contributed by atoms with Crippen LogP contribution >= 0.6 is 23.2 Å². The van der Waals surface area contributed by atoms with Crippen molar-refractivity contribution in [2.45, 2.75) is 26.3 Å². The fraction of sp³-hybridized carbons (Fsp3) is 0.429. The molecule has 2 rings (SSSR count). The number of nitrogens with zero attached hydrogens (tertiary/aromatic N) is 3. The number of hydrogen-bond acceptors (Lipinski definition) is 3. The fourth-order valence-corrected chi connectivity index (χ4v) is 2.57. The second-order valence-corrected chi connectivity index (χ2v) is 5.50. The van der Waals surface area contributed by atoms with Crippen LogP contribution in [0.15, 0.2) is 18.3 Å². The molecule has 2 heterocycles. The molecule has 2 aromatic heterocycles. The molecule has 0 fully saturated rings. The van der Waals surface area contributed by atoms with Gasteiger partial charge in [-0.1, -0.05) is 30.1 Å². The highest BCUT2D eigenvalue weighted by atomic mass is 35.5. The summed E-state index contributed by atoms with van der Waals surface area (Å²) in [5, 5.41) is 9.14. The van der Waals surface area contributed by atoms with E-state index < -0.39 is 0 Å².